The van der Waals surface area contributed by atoms with Gasteiger partial charge in [0.05, 0.1) is 5.60 Å². The molecule has 1 saturated heterocycles. The molecule has 0 spiro atoms. The molecule has 0 aliphatic carbocycles. The van der Waals surface area contributed by atoms with Gasteiger partial charge in [0, 0.05) is 43.4 Å². The molecule has 0 amide bonds. The Morgan fingerprint density at radius 2 is 1.95 bits per heavy atom. The van der Waals surface area contributed by atoms with Crippen molar-refractivity contribution in [3.8, 4) is 0 Å². The van der Waals surface area contributed by atoms with Crippen molar-refractivity contribution in [3.05, 3.63) is 29.3 Å². The molecule has 0 aromatic heterocycles. The number of halogens is 1. The van der Waals surface area contributed by atoms with Crippen LogP contribution in [0.4, 0.5) is 5.69 Å². The van der Waals surface area contributed by atoms with Crippen molar-refractivity contribution < 1.29 is 5.11 Å². The van der Waals surface area contributed by atoms with Crippen molar-refractivity contribution >= 4 is 17.3 Å². The van der Waals surface area contributed by atoms with E-state index in [9.17, 15) is 5.11 Å². The lowest BCUT2D eigenvalue weighted by molar-refractivity contribution is 0.0149. The second-order valence-electron chi connectivity index (χ2n) is 5.59. The lowest BCUT2D eigenvalue weighted by Gasteiger charge is -2.39. The normalized spacial score (nSPS) is 20.3. The number of hydrogen-bond acceptors (Lipinski definition) is 3. The van der Waals surface area contributed by atoms with Gasteiger partial charge in [0.2, 0.25) is 0 Å². The molecule has 4 heteroatoms. The fourth-order valence-electron chi connectivity index (χ4n) is 2.43. The van der Waals surface area contributed by atoms with Crippen molar-refractivity contribution in [2.45, 2.75) is 25.9 Å². The predicted molar refractivity (Wildman–Crippen MR) is 81.0 cm³/mol. The molecule has 1 unspecified atom stereocenters. The highest BCUT2D eigenvalue weighted by molar-refractivity contribution is 6.30. The number of piperazine rings is 1. The molecule has 1 atom stereocenters. The molecule has 2 rings (SSSR count). The molecular formula is C15H23ClN2O. The van der Waals surface area contributed by atoms with Crippen molar-refractivity contribution in [3.63, 3.8) is 0 Å². The molecule has 3 nitrogen and oxygen atoms in total. The number of rotatable bonds is 4. The van der Waals surface area contributed by atoms with Crippen LogP contribution in [0.1, 0.15) is 20.3 Å². The Morgan fingerprint density at radius 3 is 2.53 bits per heavy atom. The van der Waals surface area contributed by atoms with Crippen LogP contribution < -0.4 is 4.90 Å². The largest absolute Gasteiger partial charge is 0.389 e. The summed E-state index contributed by atoms with van der Waals surface area (Å²) in [5.74, 6) is 0. The van der Waals surface area contributed by atoms with Gasteiger partial charge in [-0.05, 0) is 31.5 Å². The highest BCUT2D eigenvalue weighted by Crippen LogP contribution is 2.21. The topological polar surface area (TPSA) is 26.7 Å². The minimum absolute atomic E-state index is 0.571. The maximum Gasteiger partial charge on any atom is 0.0743 e. The first kappa shape index (κ1) is 14.6. The Labute approximate surface area is 120 Å². The minimum atomic E-state index is -0.571. The second-order valence-corrected chi connectivity index (χ2v) is 6.03. The van der Waals surface area contributed by atoms with Crippen molar-refractivity contribution in [2.24, 2.45) is 0 Å². The Morgan fingerprint density at radius 1 is 1.26 bits per heavy atom. The summed E-state index contributed by atoms with van der Waals surface area (Å²) in [5.41, 5.74) is 0.618. The zero-order valence-corrected chi connectivity index (χ0v) is 12.5. The number of nitrogens with zero attached hydrogens (tertiary/aromatic N) is 2. The molecule has 0 saturated carbocycles. The zero-order valence-electron chi connectivity index (χ0n) is 11.8. The summed E-state index contributed by atoms with van der Waals surface area (Å²) in [6, 6.07) is 8.01. The Hall–Kier alpha value is -0.770. The van der Waals surface area contributed by atoms with E-state index in [0.717, 1.165) is 44.2 Å². The monoisotopic (exact) mass is 282 g/mol. The van der Waals surface area contributed by atoms with E-state index in [4.69, 9.17) is 11.6 Å². The van der Waals surface area contributed by atoms with Crippen LogP contribution >= 0.6 is 11.6 Å². The summed E-state index contributed by atoms with van der Waals surface area (Å²) in [5, 5.41) is 10.9. The first-order valence-corrected chi connectivity index (χ1v) is 7.33. The Bertz CT molecular complexity index is 414. The summed E-state index contributed by atoms with van der Waals surface area (Å²) in [6.07, 6.45) is 0.793. The van der Waals surface area contributed by atoms with Gasteiger partial charge in [-0.1, -0.05) is 24.6 Å². The van der Waals surface area contributed by atoms with Gasteiger partial charge in [-0.3, -0.25) is 4.90 Å². The molecule has 0 radical (unpaired) electrons. The van der Waals surface area contributed by atoms with E-state index in [0.29, 0.717) is 0 Å². The molecule has 1 aromatic rings. The SMILES string of the molecule is CCC(C)(O)CN1CCN(c2cccc(Cl)c2)CC1. The molecule has 1 aromatic carbocycles. The summed E-state index contributed by atoms with van der Waals surface area (Å²) >= 11 is 6.03. The Balaban J connectivity index is 1.89. The fourth-order valence-corrected chi connectivity index (χ4v) is 2.62. The number of aliphatic hydroxyl groups is 1. The molecule has 1 aliphatic rings. The average Bonchev–Trinajstić information content (AvgIpc) is 2.39. The first-order chi connectivity index (χ1) is 9.00. The van der Waals surface area contributed by atoms with Crippen LogP contribution in [-0.2, 0) is 0 Å². The standard InChI is InChI=1S/C15H23ClN2O/c1-3-15(2,19)12-17-7-9-18(10-8-17)14-6-4-5-13(16)11-14/h4-6,11,19H,3,7-10,12H2,1-2H3. The van der Waals surface area contributed by atoms with Crippen LogP contribution in [0.5, 0.6) is 0 Å². The van der Waals surface area contributed by atoms with E-state index < -0.39 is 5.60 Å². The molecule has 1 N–H and O–H groups in total. The van der Waals surface area contributed by atoms with Crippen LogP contribution in [0.25, 0.3) is 0 Å². The van der Waals surface area contributed by atoms with Crippen LogP contribution in [0.15, 0.2) is 24.3 Å². The first-order valence-electron chi connectivity index (χ1n) is 6.95. The van der Waals surface area contributed by atoms with E-state index >= 15 is 0 Å². The van der Waals surface area contributed by atoms with Gasteiger partial charge in [0.1, 0.15) is 0 Å². The number of β-amino-alcohol motifs (C(OH)–C–C–N with tert-alkyl or cyclic N) is 1. The second kappa shape index (κ2) is 6.12. The summed E-state index contributed by atoms with van der Waals surface area (Å²) in [6.45, 7) is 8.65. The summed E-state index contributed by atoms with van der Waals surface area (Å²) in [4.78, 5) is 4.69. The number of hydrogen-bond donors (Lipinski definition) is 1. The van der Waals surface area contributed by atoms with Gasteiger partial charge in [0.25, 0.3) is 0 Å². The highest BCUT2D eigenvalue weighted by atomic mass is 35.5. The van der Waals surface area contributed by atoms with E-state index in [-0.39, 0.29) is 0 Å². The number of benzene rings is 1. The highest BCUT2D eigenvalue weighted by Gasteiger charge is 2.25. The van der Waals surface area contributed by atoms with E-state index in [1.165, 1.54) is 5.69 Å². The molecule has 1 heterocycles. The maximum absolute atomic E-state index is 10.1. The van der Waals surface area contributed by atoms with Gasteiger partial charge in [-0.15, -0.1) is 0 Å². The van der Waals surface area contributed by atoms with Crippen LogP contribution in [0, 0.1) is 0 Å². The fraction of sp³-hybridized carbons (Fsp3) is 0.600. The van der Waals surface area contributed by atoms with Crippen molar-refractivity contribution in [1.29, 1.82) is 0 Å². The molecule has 106 valence electrons. The number of anilines is 1. The van der Waals surface area contributed by atoms with Gasteiger partial charge in [0.15, 0.2) is 0 Å². The van der Waals surface area contributed by atoms with Gasteiger partial charge < -0.3 is 10.0 Å². The molecule has 0 bridgehead atoms. The van der Waals surface area contributed by atoms with Gasteiger partial charge in [-0.2, -0.15) is 0 Å². The molecule has 1 aliphatic heterocycles. The van der Waals surface area contributed by atoms with E-state index in [2.05, 4.69) is 15.9 Å². The predicted octanol–water partition coefficient (Wildman–Crippen LogP) is 2.62. The summed E-state index contributed by atoms with van der Waals surface area (Å²) < 4.78 is 0. The van der Waals surface area contributed by atoms with Crippen LogP contribution in [0.3, 0.4) is 0 Å². The molecule has 19 heavy (non-hydrogen) atoms. The third kappa shape index (κ3) is 4.10. The third-order valence-corrected chi connectivity index (χ3v) is 4.11. The third-order valence-electron chi connectivity index (χ3n) is 3.87. The van der Waals surface area contributed by atoms with Crippen LogP contribution in [-0.4, -0.2) is 48.3 Å². The van der Waals surface area contributed by atoms with E-state index in [1.807, 2.05) is 32.0 Å². The lowest BCUT2D eigenvalue weighted by Crippen LogP contribution is -2.51. The Kier molecular flexibility index (Phi) is 4.71. The zero-order chi connectivity index (χ0) is 13.9. The quantitative estimate of drug-likeness (QED) is 0.920. The average molecular weight is 283 g/mol. The maximum atomic E-state index is 10.1. The van der Waals surface area contributed by atoms with Gasteiger partial charge in [-0.25, -0.2) is 0 Å². The van der Waals surface area contributed by atoms with Crippen LogP contribution in [0.2, 0.25) is 5.02 Å². The van der Waals surface area contributed by atoms with E-state index in [1.54, 1.807) is 0 Å². The van der Waals surface area contributed by atoms with Gasteiger partial charge >= 0.3 is 0 Å². The molecule has 1 fully saturated rings. The summed E-state index contributed by atoms with van der Waals surface area (Å²) in [7, 11) is 0. The minimum Gasteiger partial charge on any atom is -0.389 e. The molecular weight excluding hydrogens is 260 g/mol. The van der Waals surface area contributed by atoms with Crippen molar-refractivity contribution in [1.82, 2.24) is 4.90 Å². The smallest absolute Gasteiger partial charge is 0.0743 e. The lowest BCUT2D eigenvalue weighted by atomic mass is 10.0. The van der Waals surface area contributed by atoms with Crippen molar-refractivity contribution in [2.75, 3.05) is 37.6 Å².